The van der Waals surface area contributed by atoms with E-state index in [4.69, 9.17) is 14.2 Å². The molecule has 0 N–H and O–H groups in total. The lowest BCUT2D eigenvalue weighted by atomic mass is 10.0. The zero-order valence-electron chi connectivity index (χ0n) is 17.9. The van der Waals surface area contributed by atoms with Gasteiger partial charge in [-0.2, -0.15) is 11.8 Å². The molecule has 1 fully saturated rings. The molecule has 156 valence electrons. The second-order valence-electron chi connectivity index (χ2n) is 7.90. The van der Waals surface area contributed by atoms with Crippen molar-refractivity contribution < 1.29 is 19.0 Å². The molecule has 1 aliphatic heterocycles. The molecule has 1 amide bonds. The summed E-state index contributed by atoms with van der Waals surface area (Å²) in [6, 6.07) is 3.98. The quantitative estimate of drug-likeness (QED) is 0.616. The monoisotopic (exact) mass is 407 g/mol. The molecule has 28 heavy (non-hydrogen) atoms. The Bertz CT molecular complexity index is 671. The van der Waals surface area contributed by atoms with Crippen LogP contribution in [-0.4, -0.2) is 55.2 Å². The molecule has 0 bridgehead atoms. The number of carbonyl (C=O) groups excluding carboxylic acids is 1. The van der Waals surface area contributed by atoms with Crippen LogP contribution in [0.4, 0.5) is 0 Å². The van der Waals surface area contributed by atoms with E-state index in [2.05, 4.69) is 20.8 Å². The van der Waals surface area contributed by atoms with Gasteiger partial charge in [-0.1, -0.05) is 20.8 Å². The fourth-order valence-electron chi connectivity index (χ4n) is 3.27. The third kappa shape index (κ3) is 6.09. The van der Waals surface area contributed by atoms with Crippen LogP contribution in [0.1, 0.15) is 45.6 Å². The second-order valence-corrected chi connectivity index (χ2v) is 9.74. The molecule has 1 heterocycles. The summed E-state index contributed by atoms with van der Waals surface area (Å²) in [5.74, 6) is 2.74. The smallest absolute Gasteiger partial charge is 0.246 e. The van der Waals surface area contributed by atoms with Crippen molar-refractivity contribution in [3.05, 3.63) is 23.8 Å². The van der Waals surface area contributed by atoms with E-state index in [9.17, 15) is 4.79 Å². The summed E-state index contributed by atoms with van der Waals surface area (Å²) in [5.41, 5.74) is 0.834. The van der Waals surface area contributed by atoms with Gasteiger partial charge in [-0.15, -0.1) is 0 Å². The molecule has 0 aromatic heterocycles. The van der Waals surface area contributed by atoms with E-state index in [-0.39, 0.29) is 10.7 Å². The van der Waals surface area contributed by atoms with Crippen molar-refractivity contribution in [1.82, 2.24) is 4.90 Å². The fraction of sp³-hybridized carbons (Fsp3) is 0.591. The highest BCUT2D eigenvalue weighted by Gasteiger charge is 2.27. The number of methoxy groups -OCH3 is 3. The first-order valence-electron chi connectivity index (χ1n) is 9.71. The maximum absolute atomic E-state index is 12.9. The van der Waals surface area contributed by atoms with Crippen molar-refractivity contribution in [3.8, 4) is 17.2 Å². The van der Waals surface area contributed by atoms with Crippen molar-refractivity contribution in [1.29, 1.82) is 0 Å². The number of rotatable bonds is 7. The molecule has 5 nitrogen and oxygen atoms in total. The molecule has 1 unspecified atom stereocenters. The van der Waals surface area contributed by atoms with Crippen molar-refractivity contribution in [3.63, 3.8) is 0 Å². The van der Waals surface area contributed by atoms with Crippen LogP contribution in [0.5, 0.6) is 17.2 Å². The molecular weight excluding hydrogens is 374 g/mol. The first kappa shape index (κ1) is 22.5. The number of hydrogen-bond donors (Lipinski definition) is 0. The lowest BCUT2D eigenvalue weighted by Crippen LogP contribution is -2.44. The van der Waals surface area contributed by atoms with Gasteiger partial charge in [0.2, 0.25) is 11.7 Å². The van der Waals surface area contributed by atoms with Gasteiger partial charge in [0.15, 0.2) is 11.5 Å². The molecule has 6 heteroatoms. The summed E-state index contributed by atoms with van der Waals surface area (Å²) in [6.07, 6.45) is 6.80. The topological polar surface area (TPSA) is 48.0 Å². The summed E-state index contributed by atoms with van der Waals surface area (Å²) in [5, 5.41) is 0. The zero-order chi connectivity index (χ0) is 20.7. The van der Waals surface area contributed by atoms with Crippen LogP contribution in [0.25, 0.3) is 6.08 Å². The normalized spacial score (nSPS) is 17.6. The lowest BCUT2D eigenvalue weighted by Gasteiger charge is -2.36. The molecule has 1 saturated heterocycles. The Labute approximate surface area is 173 Å². The highest BCUT2D eigenvalue weighted by Crippen LogP contribution is 2.38. The highest BCUT2D eigenvalue weighted by molar-refractivity contribution is 8.00. The van der Waals surface area contributed by atoms with Gasteiger partial charge in [0, 0.05) is 29.2 Å². The lowest BCUT2D eigenvalue weighted by molar-refractivity contribution is -0.128. The minimum atomic E-state index is 0.0629. The van der Waals surface area contributed by atoms with E-state index in [0.29, 0.717) is 23.3 Å². The van der Waals surface area contributed by atoms with E-state index in [1.54, 1.807) is 27.4 Å². The number of carbonyl (C=O) groups is 1. The molecule has 0 spiro atoms. The molecular formula is C22H33NO4S. The van der Waals surface area contributed by atoms with E-state index in [0.717, 1.165) is 30.7 Å². The van der Waals surface area contributed by atoms with Crippen LogP contribution < -0.4 is 14.2 Å². The summed E-state index contributed by atoms with van der Waals surface area (Å²) >= 11 is 1.92. The number of amides is 1. The maximum Gasteiger partial charge on any atom is 0.246 e. The Kier molecular flexibility index (Phi) is 8.10. The van der Waals surface area contributed by atoms with Crippen LogP contribution in [0, 0.1) is 0 Å². The van der Waals surface area contributed by atoms with E-state index in [1.165, 1.54) is 6.42 Å². The number of piperidine rings is 1. The zero-order valence-corrected chi connectivity index (χ0v) is 18.7. The molecule has 0 radical (unpaired) electrons. The third-order valence-electron chi connectivity index (χ3n) is 4.72. The van der Waals surface area contributed by atoms with Crippen molar-refractivity contribution in [2.24, 2.45) is 0 Å². The van der Waals surface area contributed by atoms with E-state index >= 15 is 0 Å². The van der Waals surface area contributed by atoms with Crippen LogP contribution in [0.15, 0.2) is 18.2 Å². The summed E-state index contributed by atoms with van der Waals surface area (Å²) < 4.78 is 16.3. The predicted octanol–water partition coefficient (Wildman–Crippen LogP) is 4.64. The van der Waals surface area contributed by atoms with E-state index in [1.807, 2.05) is 34.9 Å². The van der Waals surface area contributed by atoms with Crippen molar-refractivity contribution in [2.75, 3.05) is 33.6 Å². The average Bonchev–Trinajstić information content (AvgIpc) is 2.69. The van der Waals surface area contributed by atoms with Crippen LogP contribution in [0.3, 0.4) is 0 Å². The Hall–Kier alpha value is -1.82. The Balaban J connectivity index is 2.14. The van der Waals surface area contributed by atoms with Gasteiger partial charge in [0.05, 0.1) is 21.3 Å². The Morgan fingerprint density at radius 2 is 1.79 bits per heavy atom. The number of thioether (sulfide) groups is 1. The number of hydrogen-bond acceptors (Lipinski definition) is 5. The Morgan fingerprint density at radius 1 is 1.14 bits per heavy atom. The average molecular weight is 408 g/mol. The molecule has 2 rings (SSSR count). The minimum Gasteiger partial charge on any atom is -0.493 e. The first-order chi connectivity index (χ1) is 13.3. The van der Waals surface area contributed by atoms with Crippen molar-refractivity contribution in [2.45, 2.75) is 50.8 Å². The molecule has 0 aliphatic carbocycles. The highest BCUT2D eigenvalue weighted by atomic mass is 32.2. The van der Waals surface area contributed by atoms with Crippen LogP contribution in [0.2, 0.25) is 0 Å². The van der Waals surface area contributed by atoms with Gasteiger partial charge in [-0.05, 0) is 43.0 Å². The first-order valence-corrected chi connectivity index (χ1v) is 10.7. The Morgan fingerprint density at radius 3 is 2.32 bits per heavy atom. The summed E-state index contributed by atoms with van der Waals surface area (Å²) in [7, 11) is 4.74. The van der Waals surface area contributed by atoms with Gasteiger partial charge in [0.1, 0.15) is 0 Å². The third-order valence-corrected chi connectivity index (χ3v) is 6.14. The van der Waals surface area contributed by atoms with Gasteiger partial charge < -0.3 is 19.1 Å². The minimum absolute atomic E-state index is 0.0629. The fourth-order valence-corrected chi connectivity index (χ4v) is 4.31. The summed E-state index contributed by atoms with van der Waals surface area (Å²) in [4.78, 5) is 14.9. The number of nitrogens with zero attached hydrogens (tertiary/aromatic N) is 1. The van der Waals surface area contributed by atoms with Crippen LogP contribution in [-0.2, 0) is 4.79 Å². The van der Waals surface area contributed by atoms with Gasteiger partial charge >= 0.3 is 0 Å². The van der Waals surface area contributed by atoms with Crippen molar-refractivity contribution >= 4 is 23.7 Å². The largest absolute Gasteiger partial charge is 0.493 e. The van der Waals surface area contributed by atoms with E-state index < -0.39 is 0 Å². The SMILES string of the molecule is COc1cc(C=CC(=O)N2CCCCC2CSC(C)(C)C)cc(OC)c1OC. The molecule has 1 aliphatic rings. The predicted molar refractivity (Wildman–Crippen MR) is 117 cm³/mol. The summed E-state index contributed by atoms with van der Waals surface area (Å²) in [6.45, 7) is 7.48. The van der Waals surface area contributed by atoms with Crippen LogP contribution >= 0.6 is 11.8 Å². The van der Waals surface area contributed by atoms with Gasteiger partial charge in [-0.25, -0.2) is 0 Å². The molecule has 1 aromatic rings. The number of likely N-dealkylation sites (tertiary alicyclic amines) is 1. The molecule has 1 atom stereocenters. The molecule has 1 aromatic carbocycles. The van der Waals surface area contributed by atoms with Gasteiger partial charge in [0.25, 0.3) is 0 Å². The molecule has 0 saturated carbocycles. The second kappa shape index (κ2) is 10.1. The number of ether oxygens (including phenoxy) is 3. The van der Waals surface area contributed by atoms with Gasteiger partial charge in [-0.3, -0.25) is 4.79 Å². The standard InChI is InChI=1S/C22H33NO4S/c1-22(2,3)28-15-17-9-7-8-12-23(17)20(24)11-10-16-13-18(25-4)21(27-6)19(14-16)26-5/h10-11,13-14,17H,7-9,12,15H2,1-6H3. The maximum atomic E-state index is 12.9. The number of benzene rings is 1.